The van der Waals surface area contributed by atoms with Crippen molar-refractivity contribution in [3.8, 4) is 0 Å². The van der Waals surface area contributed by atoms with Crippen molar-refractivity contribution in [1.29, 1.82) is 0 Å². The topological polar surface area (TPSA) is 53.9 Å². The predicted octanol–water partition coefficient (Wildman–Crippen LogP) is 7.02. The Morgan fingerprint density at radius 2 is 1.75 bits per heavy atom. The molecule has 1 aliphatic carbocycles. The monoisotopic (exact) mass is 463 g/mol. The van der Waals surface area contributed by atoms with E-state index in [0.29, 0.717) is 13.2 Å². The van der Waals surface area contributed by atoms with Crippen molar-refractivity contribution in [2.45, 2.75) is 67.9 Å². The third kappa shape index (κ3) is 12.4. The number of rotatable bonds is 8. The SMILES string of the molecule is C=NC(=O)/C(=C\N(CNC1=C(C)CCC(Cl)=C1)Cc1ccccc1)OC.CC.CC.CC. The molecule has 5 nitrogen and oxygen atoms in total. The normalized spacial score (nSPS) is 12.4. The van der Waals surface area contributed by atoms with Crippen LogP contribution in [0.5, 0.6) is 0 Å². The maximum absolute atomic E-state index is 11.8. The molecule has 180 valence electrons. The van der Waals surface area contributed by atoms with Crippen LogP contribution in [-0.4, -0.2) is 31.3 Å². The summed E-state index contributed by atoms with van der Waals surface area (Å²) in [6, 6.07) is 9.99. The molecule has 1 N–H and O–H groups in total. The van der Waals surface area contributed by atoms with Crippen LogP contribution >= 0.6 is 11.6 Å². The van der Waals surface area contributed by atoms with Crippen LogP contribution in [0.1, 0.15) is 66.9 Å². The Morgan fingerprint density at radius 1 is 1.16 bits per heavy atom. The van der Waals surface area contributed by atoms with Gasteiger partial charge in [-0.25, -0.2) is 4.99 Å². The van der Waals surface area contributed by atoms with Gasteiger partial charge in [-0.05, 0) is 43.7 Å². The van der Waals surface area contributed by atoms with Gasteiger partial charge in [-0.2, -0.15) is 0 Å². The van der Waals surface area contributed by atoms with Crippen LogP contribution in [0.15, 0.2) is 69.7 Å². The Kier molecular flexibility index (Phi) is 20.2. The van der Waals surface area contributed by atoms with Gasteiger partial charge in [0.2, 0.25) is 5.76 Å². The first-order chi connectivity index (χ1) is 15.5. The van der Waals surface area contributed by atoms with Crippen molar-refractivity contribution in [1.82, 2.24) is 10.2 Å². The Balaban J connectivity index is 0. The number of carbonyl (C=O) groups is 1. The van der Waals surface area contributed by atoms with E-state index in [9.17, 15) is 4.79 Å². The fraction of sp³-hybridized carbons (Fsp3) is 0.462. The zero-order valence-electron chi connectivity index (χ0n) is 21.2. The lowest BCUT2D eigenvalue weighted by molar-refractivity contribution is -0.117. The van der Waals surface area contributed by atoms with Gasteiger partial charge in [-0.3, -0.25) is 4.79 Å². The number of hydrogen-bond acceptors (Lipinski definition) is 4. The summed E-state index contributed by atoms with van der Waals surface area (Å²) in [6.45, 7) is 18.5. The molecule has 0 radical (unpaired) electrons. The Labute approximate surface area is 200 Å². The highest BCUT2D eigenvalue weighted by atomic mass is 35.5. The van der Waals surface area contributed by atoms with Gasteiger partial charge in [-0.15, -0.1) is 0 Å². The third-order valence-electron chi connectivity index (χ3n) is 4.07. The lowest BCUT2D eigenvalue weighted by atomic mass is 10.0. The van der Waals surface area contributed by atoms with Gasteiger partial charge in [0.1, 0.15) is 0 Å². The van der Waals surface area contributed by atoms with Crippen LogP contribution < -0.4 is 5.32 Å². The molecule has 0 atom stereocenters. The minimum absolute atomic E-state index is 0.139. The number of nitrogens with zero attached hydrogens (tertiary/aromatic N) is 2. The average molecular weight is 464 g/mol. The molecular weight excluding hydrogens is 422 g/mol. The number of hydrogen-bond donors (Lipinski definition) is 1. The molecule has 0 bridgehead atoms. The zero-order chi connectivity index (χ0) is 24.9. The molecule has 1 amide bonds. The second-order valence-corrected chi connectivity index (χ2v) is 6.50. The molecule has 0 saturated carbocycles. The van der Waals surface area contributed by atoms with E-state index >= 15 is 0 Å². The maximum Gasteiger partial charge on any atom is 0.312 e. The lowest BCUT2D eigenvalue weighted by Crippen LogP contribution is -2.31. The highest BCUT2D eigenvalue weighted by molar-refractivity contribution is 6.29. The summed E-state index contributed by atoms with van der Waals surface area (Å²) in [5, 5.41) is 4.24. The minimum atomic E-state index is -0.499. The van der Waals surface area contributed by atoms with Crippen LogP contribution in [0.3, 0.4) is 0 Å². The molecule has 0 unspecified atom stereocenters. The highest BCUT2D eigenvalue weighted by Crippen LogP contribution is 2.24. The largest absolute Gasteiger partial charge is 0.490 e. The summed E-state index contributed by atoms with van der Waals surface area (Å²) in [4.78, 5) is 17.2. The van der Waals surface area contributed by atoms with E-state index in [4.69, 9.17) is 16.3 Å². The molecule has 0 spiro atoms. The molecular formula is C26H42ClN3O2. The van der Waals surface area contributed by atoms with Crippen molar-refractivity contribution in [3.63, 3.8) is 0 Å². The fourth-order valence-electron chi connectivity index (χ4n) is 2.59. The number of halogens is 1. The van der Waals surface area contributed by atoms with Gasteiger partial charge in [0.15, 0.2) is 0 Å². The number of nitrogens with one attached hydrogen (secondary N) is 1. The second-order valence-electron chi connectivity index (χ2n) is 6.01. The molecule has 0 aromatic heterocycles. The minimum Gasteiger partial charge on any atom is -0.490 e. The number of ether oxygens (including phenoxy) is 1. The van der Waals surface area contributed by atoms with Crippen molar-refractivity contribution >= 4 is 24.2 Å². The van der Waals surface area contributed by atoms with Gasteiger partial charge < -0.3 is 15.0 Å². The van der Waals surface area contributed by atoms with E-state index < -0.39 is 5.91 Å². The number of carbonyl (C=O) groups excluding carboxylic acids is 1. The summed E-state index contributed by atoms with van der Waals surface area (Å²) in [6.07, 6.45) is 5.42. The Morgan fingerprint density at radius 3 is 2.28 bits per heavy atom. The van der Waals surface area contributed by atoms with Gasteiger partial charge in [-0.1, -0.05) is 83.5 Å². The summed E-state index contributed by atoms with van der Waals surface area (Å²) < 4.78 is 5.16. The van der Waals surface area contributed by atoms with Crippen molar-refractivity contribution in [3.05, 3.63) is 70.2 Å². The van der Waals surface area contributed by atoms with E-state index in [1.165, 1.54) is 12.7 Å². The van der Waals surface area contributed by atoms with Gasteiger partial charge >= 0.3 is 5.91 Å². The molecule has 1 aromatic rings. The number of allylic oxidation sites excluding steroid dienone is 3. The summed E-state index contributed by atoms with van der Waals surface area (Å²) >= 11 is 6.17. The van der Waals surface area contributed by atoms with Gasteiger partial charge in [0, 0.05) is 23.5 Å². The first-order valence-corrected chi connectivity index (χ1v) is 11.8. The summed E-state index contributed by atoms with van der Waals surface area (Å²) in [5.41, 5.74) is 3.39. The summed E-state index contributed by atoms with van der Waals surface area (Å²) in [5.74, 6) is -0.359. The molecule has 2 rings (SSSR count). The highest BCUT2D eigenvalue weighted by Gasteiger charge is 2.13. The molecule has 0 heterocycles. The predicted molar refractivity (Wildman–Crippen MR) is 140 cm³/mol. The Hall–Kier alpha value is -2.53. The lowest BCUT2D eigenvalue weighted by Gasteiger charge is -2.25. The van der Waals surface area contributed by atoms with Crippen molar-refractivity contribution in [2.24, 2.45) is 4.99 Å². The van der Waals surface area contributed by atoms with Crippen molar-refractivity contribution < 1.29 is 9.53 Å². The van der Waals surface area contributed by atoms with Crippen LogP contribution in [0, 0.1) is 0 Å². The van der Waals surface area contributed by atoms with E-state index in [0.717, 1.165) is 29.1 Å². The molecule has 1 aliphatic rings. The van der Waals surface area contributed by atoms with E-state index in [-0.39, 0.29) is 5.76 Å². The standard InChI is InChI=1S/C20H24ClN3O2.3C2H6/c1-15-9-10-17(21)11-18(15)23-14-24(12-16-7-5-4-6-8-16)13-19(26-3)20(25)22-2;3*1-2/h4-8,11,13,23H,2,9-10,12,14H2,1,3H3;3*1-2H3/b19-13+;;;. The molecule has 0 fully saturated rings. The smallest absolute Gasteiger partial charge is 0.312 e. The Bertz CT molecular complexity index is 741. The van der Waals surface area contributed by atoms with Gasteiger partial charge in [0.05, 0.1) is 13.8 Å². The maximum atomic E-state index is 11.8. The molecule has 32 heavy (non-hydrogen) atoms. The van der Waals surface area contributed by atoms with E-state index in [2.05, 4.69) is 24.0 Å². The van der Waals surface area contributed by atoms with Crippen molar-refractivity contribution in [2.75, 3.05) is 13.8 Å². The quantitative estimate of drug-likeness (QED) is 0.195. The second kappa shape index (κ2) is 20.4. The number of aliphatic imine (C=N–C) groups is 1. The molecule has 0 saturated heterocycles. The van der Waals surface area contributed by atoms with E-state index in [1.54, 1.807) is 6.20 Å². The van der Waals surface area contributed by atoms with E-state index in [1.807, 2.05) is 82.9 Å². The number of benzene rings is 1. The fourth-order valence-corrected chi connectivity index (χ4v) is 2.79. The first-order valence-electron chi connectivity index (χ1n) is 11.4. The zero-order valence-corrected chi connectivity index (χ0v) is 21.9. The average Bonchev–Trinajstić information content (AvgIpc) is 2.86. The van der Waals surface area contributed by atoms with Crippen LogP contribution in [0.4, 0.5) is 0 Å². The van der Waals surface area contributed by atoms with Crippen LogP contribution in [0.2, 0.25) is 0 Å². The summed E-state index contributed by atoms with van der Waals surface area (Å²) in [7, 11) is 1.44. The molecule has 1 aromatic carbocycles. The van der Waals surface area contributed by atoms with Gasteiger partial charge in [0.25, 0.3) is 0 Å². The number of amides is 1. The number of methoxy groups -OCH3 is 1. The molecule has 0 aliphatic heterocycles. The van der Waals surface area contributed by atoms with Crippen LogP contribution in [-0.2, 0) is 16.1 Å². The van der Waals surface area contributed by atoms with Crippen LogP contribution in [0.25, 0.3) is 0 Å². The molecule has 6 heteroatoms. The third-order valence-corrected chi connectivity index (χ3v) is 4.37. The first kappa shape index (κ1) is 31.7.